The molecule has 0 saturated carbocycles. The van der Waals surface area contributed by atoms with Gasteiger partial charge in [-0.25, -0.2) is 0 Å². The number of likely N-dealkylation sites (tertiary alicyclic amines) is 1. The first-order valence-electron chi connectivity index (χ1n) is 8.74. The maximum absolute atomic E-state index is 10.8. The van der Waals surface area contributed by atoms with Gasteiger partial charge in [-0.15, -0.1) is 0 Å². The zero-order valence-corrected chi connectivity index (χ0v) is 17.2. The molecule has 1 saturated heterocycles. The number of hydrogen-bond acceptors (Lipinski definition) is 4. The zero-order valence-electron chi connectivity index (χ0n) is 16.2. The van der Waals surface area contributed by atoms with Crippen molar-refractivity contribution in [1.29, 1.82) is 0 Å². The van der Waals surface area contributed by atoms with E-state index in [2.05, 4.69) is 57.9 Å². The van der Waals surface area contributed by atoms with E-state index in [9.17, 15) is 5.11 Å². The van der Waals surface area contributed by atoms with E-state index in [-0.39, 0.29) is 17.2 Å². The largest absolute Gasteiger partial charge is 0.497 e. The van der Waals surface area contributed by atoms with E-state index >= 15 is 0 Å². The molecule has 1 aliphatic rings. The Morgan fingerprint density at radius 2 is 1.79 bits per heavy atom. The molecule has 0 spiro atoms. The number of aliphatic hydroxyl groups is 1. The molecule has 1 N–H and O–H groups in total. The molecule has 0 bridgehead atoms. The standard InChI is InChI=1S/C19H33NO3Si/c1-19(2,3)24(6,7)23-17-13-20(4)16(18(17)21)12-14-8-10-15(22-5)11-9-14/h8-11,16-18,21H,12-13H2,1-7H3/t16-,17+,18+/m1/s1. The van der Waals surface area contributed by atoms with Gasteiger partial charge in [-0.2, -0.15) is 0 Å². The van der Waals surface area contributed by atoms with E-state index in [1.165, 1.54) is 5.56 Å². The molecule has 24 heavy (non-hydrogen) atoms. The third-order valence-electron chi connectivity index (χ3n) is 5.67. The SMILES string of the molecule is COc1ccc(C[C@@H]2[C@H](O)[C@@H](O[Si](C)(C)C(C)(C)C)CN2C)cc1. The van der Waals surface area contributed by atoms with E-state index in [0.717, 1.165) is 18.7 Å². The van der Waals surface area contributed by atoms with Crippen molar-refractivity contribution in [2.75, 3.05) is 20.7 Å². The van der Waals surface area contributed by atoms with Gasteiger partial charge in [0.25, 0.3) is 0 Å². The topological polar surface area (TPSA) is 41.9 Å². The van der Waals surface area contributed by atoms with Crippen LogP contribution in [0.25, 0.3) is 0 Å². The van der Waals surface area contributed by atoms with Gasteiger partial charge in [0.2, 0.25) is 0 Å². The number of hydrogen-bond donors (Lipinski definition) is 1. The molecular weight excluding hydrogens is 318 g/mol. The fourth-order valence-corrected chi connectivity index (χ4v) is 4.30. The molecule has 1 aliphatic heterocycles. The van der Waals surface area contributed by atoms with Crippen molar-refractivity contribution < 1.29 is 14.3 Å². The highest BCUT2D eigenvalue weighted by molar-refractivity contribution is 6.74. The highest BCUT2D eigenvalue weighted by Gasteiger charge is 2.45. The number of nitrogens with zero attached hydrogens (tertiary/aromatic N) is 1. The monoisotopic (exact) mass is 351 g/mol. The summed E-state index contributed by atoms with van der Waals surface area (Å²) in [5, 5.41) is 11.0. The van der Waals surface area contributed by atoms with Crippen molar-refractivity contribution in [2.45, 2.75) is 63.6 Å². The molecule has 1 fully saturated rings. The molecule has 4 nitrogen and oxygen atoms in total. The average Bonchev–Trinajstić information content (AvgIpc) is 2.74. The van der Waals surface area contributed by atoms with Crippen molar-refractivity contribution in [3.05, 3.63) is 29.8 Å². The van der Waals surface area contributed by atoms with Gasteiger partial charge in [0.15, 0.2) is 8.32 Å². The Kier molecular flexibility index (Phi) is 5.80. The fourth-order valence-electron chi connectivity index (χ4n) is 2.98. The van der Waals surface area contributed by atoms with Gasteiger partial charge in [0.1, 0.15) is 5.75 Å². The average molecular weight is 352 g/mol. The summed E-state index contributed by atoms with van der Waals surface area (Å²) in [6.07, 6.45) is 0.268. The van der Waals surface area contributed by atoms with Crippen molar-refractivity contribution in [1.82, 2.24) is 4.90 Å². The lowest BCUT2D eigenvalue weighted by Crippen LogP contribution is -2.47. The Bertz CT molecular complexity index is 539. The normalized spacial score (nSPS) is 25.9. The van der Waals surface area contributed by atoms with Gasteiger partial charge < -0.3 is 14.3 Å². The Labute approximate surface area is 147 Å². The second-order valence-corrected chi connectivity index (χ2v) is 13.2. The fraction of sp³-hybridized carbons (Fsp3) is 0.684. The summed E-state index contributed by atoms with van der Waals surface area (Å²) < 4.78 is 11.7. The first-order chi connectivity index (χ1) is 11.0. The molecule has 0 aliphatic carbocycles. The molecule has 0 unspecified atom stereocenters. The molecule has 2 rings (SSSR count). The molecule has 5 heteroatoms. The van der Waals surface area contributed by atoms with Gasteiger partial charge in [-0.05, 0) is 49.3 Å². The maximum Gasteiger partial charge on any atom is 0.192 e. The first-order valence-corrected chi connectivity index (χ1v) is 11.6. The van der Waals surface area contributed by atoms with Crippen LogP contribution < -0.4 is 4.74 Å². The van der Waals surface area contributed by atoms with Crippen LogP contribution in [0.5, 0.6) is 5.75 Å². The zero-order chi connectivity index (χ0) is 18.1. The number of likely N-dealkylation sites (N-methyl/N-ethyl adjacent to an activating group) is 1. The minimum Gasteiger partial charge on any atom is -0.497 e. The highest BCUT2D eigenvalue weighted by Crippen LogP contribution is 2.39. The number of ether oxygens (including phenoxy) is 1. The Morgan fingerprint density at radius 3 is 2.29 bits per heavy atom. The van der Waals surface area contributed by atoms with Gasteiger partial charge in [0.05, 0.1) is 19.3 Å². The summed E-state index contributed by atoms with van der Waals surface area (Å²) in [5.74, 6) is 0.859. The van der Waals surface area contributed by atoms with Crippen LogP contribution in [-0.4, -0.2) is 57.3 Å². The van der Waals surface area contributed by atoms with Crippen LogP contribution in [0.2, 0.25) is 18.1 Å². The van der Waals surface area contributed by atoms with Crippen LogP contribution in [-0.2, 0) is 10.8 Å². The molecule has 0 amide bonds. The Morgan fingerprint density at radius 1 is 1.21 bits per heavy atom. The molecule has 3 atom stereocenters. The summed E-state index contributed by atoms with van der Waals surface area (Å²) in [4.78, 5) is 2.23. The third kappa shape index (κ3) is 4.20. The number of rotatable bonds is 5. The molecule has 1 heterocycles. The van der Waals surface area contributed by atoms with Crippen LogP contribution in [0.3, 0.4) is 0 Å². The molecule has 0 radical (unpaired) electrons. The lowest BCUT2D eigenvalue weighted by atomic mass is 10.0. The van der Waals surface area contributed by atoms with E-state index < -0.39 is 14.4 Å². The predicted molar refractivity (Wildman–Crippen MR) is 101 cm³/mol. The summed E-state index contributed by atoms with van der Waals surface area (Å²) in [6.45, 7) is 12.0. The predicted octanol–water partition coefficient (Wildman–Crippen LogP) is 3.30. The Hall–Kier alpha value is -0.883. The molecule has 0 aromatic heterocycles. The number of benzene rings is 1. The minimum atomic E-state index is -1.88. The van der Waals surface area contributed by atoms with Crippen LogP contribution in [0.4, 0.5) is 0 Å². The molecule has 136 valence electrons. The second kappa shape index (κ2) is 7.16. The van der Waals surface area contributed by atoms with Crippen LogP contribution >= 0.6 is 0 Å². The minimum absolute atomic E-state index is 0.0909. The summed E-state index contributed by atoms with van der Waals surface area (Å²) >= 11 is 0. The Balaban J connectivity index is 2.05. The van der Waals surface area contributed by atoms with Crippen molar-refractivity contribution in [3.8, 4) is 5.75 Å². The smallest absolute Gasteiger partial charge is 0.192 e. The quantitative estimate of drug-likeness (QED) is 0.827. The molecular formula is C19H33NO3Si. The summed E-state index contributed by atoms with van der Waals surface area (Å²) in [7, 11) is 1.87. The highest BCUT2D eigenvalue weighted by atomic mass is 28.4. The summed E-state index contributed by atoms with van der Waals surface area (Å²) in [5.41, 5.74) is 1.21. The first kappa shape index (κ1) is 19.4. The second-order valence-electron chi connectivity index (χ2n) is 8.47. The van der Waals surface area contributed by atoms with Crippen LogP contribution in [0.1, 0.15) is 26.3 Å². The van der Waals surface area contributed by atoms with Crippen molar-refractivity contribution >= 4 is 8.32 Å². The lowest BCUT2D eigenvalue weighted by Gasteiger charge is -2.39. The number of aliphatic hydroxyl groups excluding tert-OH is 1. The molecule has 1 aromatic carbocycles. The molecule has 1 aromatic rings. The maximum atomic E-state index is 10.8. The van der Waals surface area contributed by atoms with E-state index in [1.807, 2.05) is 12.1 Å². The number of methoxy groups -OCH3 is 1. The lowest BCUT2D eigenvalue weighted by molar-refractivity contribution is 0.0447. The van der Waals surface area contributed by atoms with Crippen molar-refractivity contribution in [2.24, 2.45) is 0 Å². The third-order valence-corrected chi connectivity index (χ3v) is 10.2. The van der Waals surface area contributed by atoms with Gasteiger partial charge in [-0.3, -0.25) is 4.90 Å². The van der Waals surface area contributed by atoms with E-state index in [1.54, 1.807) is 7.11 Å². The van der Waals surface area contributed by atoms with E-state index in [4.69, 9.17) is 9.16 Å². The van der Waals surface area contributed by atoms with E-state index in [0.29, 0.717) is 0 Å². The van der Waals surface area contributed by atoms with Crippen molar-refractivity contribution in [3.63, 3.8) is 0 Å². The van der Waals surface area contributed by atoms with Crippen LogP contribution in [0.15, 0.2) is 24.3 Å². The van der Waals surface area contributed by atoms with Gasteiger partial charge >= 0.3 is 0 Å². The van der Waals surface area contributed by atoms with Gasteiger partial charge in [0, 0.05) is 12.6 Å². The van der Waals surface area contributed by atoms with Crippen LogP contribution in [0, 0.1) is 0 Å². The van der Waals surface area contributed by atoms with Gasteiger partial charge in [-0.1, -0.05) is 32.9 Å². The summed E-state index contributed by atoms with van der Waals surface area (Å²) in [6, 6.07) is 8.18.